The van der Waals surface area contributed by atoms with Gasteiger partial charge in [-0.3, -0.25) is 16.0 Å². The number of hydrogen-bond donors (Lipinski definition) is 2. The molecule has 2 unspecified atom stereocenters. The van der Waals surface area contributed by atoms with Crippen molar-refractivity contribution in [3.05, 3.63) is 18.0 Å². The van der Waals surface area contributed by atoms with Gasteiger partial charge in [0.05, 0.1) is 5.69 Å². The molecule has 0 bridgehead atoms. The van der Waals surface area contributed by atoms with Gasteiger partial charge in [-0.05, 0) is 19.9 Å². The van der Waals surface area contributed by atoms with Crippen LogP contribution in [0, 0.1) is 0 Å². The molecule has 1 aliphatic rings. The number of rotatable bonds is 5. The van der Waals surface area contributed by atoms with Crippen molar-refractivity contribution in [3.8, 4) is 0 Å². The molecule has 0 spiro atoms. The standard InChI is InChI=1S/C12H22N4S2/c1-9(2)16-4-3-10(15-16)7-11(14-13)12-8-17-5-6-18-12/h3-4,9,11-12,14H,5-8,13H2,1-2H3. The lowest BCUT2D eigenvalue weighted by Crippen LogP contribution is -2.46. The Morgan fingerprint density at radius 3 is 2.94 bits per heavy atom. The number of thioether (sulfide) groups is 2. The van der Waals surface area contributed by atoms with E-state index >= 15 is 0 Å². The highest BCUT2D eigenvalue weighted by Crippen LogP contribution is 2.27. The molecule has 0 radical (unpaired) electrons. The van der Waals surface area contributed by atoms with Gasteiger partial charge in [-0.2, -0.15) is 28.6 Å². The Labute approximate surface area is 117 Å². The van der Waals surface area contributed by atoms with E-state index in [-0.39, 0.29) is 0 Å². The Morgan fingerprint density at radius 1 is 1.56 bits per heavy atom. The highest BCUT2D eigenvalue weighted by molar-refractivity contribution is 8.06. The molecule has 18 heavy (non-hydrogen) atoms. The predicted octanol–water partition coefficient (Wildman–Crippen LogP) is 1.69. The fourth-order valence-corrected chi connectivity index (χ4v) is 4.91. The molecular weight excluding hydrogens is 264 g/mol. The molecule has 102 valence electrons. The van der Waals surface area contributed by atoms with Crippen molar-refractivity contribution in [2.75, 3.05) is 17.3 Å². The van der Waals surface area contributed by atoms with Gasteiger partial charge in [-0.1, -0.05) is 0 Å². The summed E-state index contributed by atoms with van der Waals surface area (Å²) in [5.41, 5.74) is 4.10. The van der Waals surface area contributed by atoms with Crippen molar-refractivity contribution in [2.45, 2.75) is 37.6 Å². The second-order valence-electron chi connectivity index (χ2n) is 4.84. The fourth-order valence-electron chi connectivity index (χ4n) is 2.04. The second kappa shape index (κ2) is 6.84. The predicted molar refractivity (Wildman–Crippen MR) is 81.0 cm³/mol. The molecule has 3 N–H and O–H groups in total. The van der Waals surface area contributed by atoms with Gasteiger partial charge >= 0.3 is 0 Å². The Hall–Kier alpha value is -0.170. The Balaban J connectivity index is 1.95. The van der Waals surface area contributed by atoms with Gasteiger partial charge in [0.25, 0.3) is 0 Å². The molecule has 0 aromatic carbocycles. The van der Waals surface area contributed by atoms with E-state index in [9.17, 15) is 0 Å². The van der Waals surface area contributed by atoms with E-state index in [0.29, 0.717) is 17.3 Å². The normalized spacial score (nSPS) is 22.3. The SMILES string of the molecule is CC(C)n1ccc(CC(NN)C2CSCCS2)n1. The average molecular weight is 286 g/mol. The van der Waals surface area contributed by atoms with Crippen LogP contribution in [0.15, 0.2) is 12.3 Å². The first-order valence-electron chi connectivity index (χ1n) is 6.40. The van der Waals surface area contributed by atoms with Crippen molar-refractivity contribution < 1.29 is 0 Å². The summed E-state index contributed by atoms with van der Waals surface area (Å²) in [7, 11) is 0. The van der Waals surface area contributed by atoms with Crippen molar-refractivity contribution in [3.63, 3.8) is 0 Å². The molecule has 1 aromatic rings. The molecule has 1 fully saturated rings. The van der Waals surface area contributed by atoms with Crippen LogP contribution >= 0.6 is 23.5 Å². The van der Waals surface area contributed by atoms with Gasteiger partial charge in [-0.25, -0.2) is 0 Å². The zero-order chi connectivity index (χ0) is 13.0. The van der Waals surface area contributed by atoms with E-state index in [1.54, 1.807) is 0 Å². The van der Waals surface area contributed by atoms with Crippen LogP contribution in [-0.4, -0.2) is 38.3 Å². The average Bonchev–Trinajstić information content (AvgIpc) is 2.86. The second-order valence-corrected chi connectivity index (χ2v) is 7.34. The first-order valence-corrected chi connectivity index (χ1v) is 8.60. The van der Waals surface area contributed by atoms with Crippen LogP contribution in [-0.2, 0) is 6.42 Å². The molecule has 4 nitrogen and oxygen atoms in total. The number of aromatic nitrogens is 2. The molecule has 0 aliphatic carbocycles. The van der Waals surface area contributed by atoms with Gasteiger partial charge in [0.1, 0.15) is 0 Å². The monoisotopic (exact) mass is 286 g/mol. The minimum absolute atomic E-state index is 0.318. The van der Waals surface area contributed by atoms with Crippen molar-refractivity contribution >= 4 is 23.5 Å². The van der Waals surface area contributed by atoms with Gasteiger partial charge in [0, 0.05) is 47.2 Å². The van der Waals surface area contributed by atoms with Crippen LogP contribution < -0.4 is 11.3 Å². The Morgan fingerprint density at radius 2 is 2.39 bits per heavy atom. The van der Waals surface area contributed by atoms with Crippen LogP contribution in [0.2, 0.25) is 0 Å². The summed E-state index contributed by atoms with van der Waals surface area (Å²) < 4.78 is 2.01. The lowest BCUT2D eigenvalue weighted by Gasteiger charge is -2.28. The lowest BCUT2D eigenvalue weighted by molar-refractivity contribution is 0.495. The maximum Gasteiger partial charge on any atom is 0.0641 e. The molecule has 2 heterocycles. The number of nitrogens with zero attached hydrogens (tertiary/aromatic N) is 2. The van der Waals surface area contributed by atoms with Gasteiger partial charge in [0.2, 0.25) is 0 Å². The number of nitrogens with two attached hydrogens (primary N) is 1. The fraction of sp³-hybridized carbons (Fsp3) is 0.750. The van der Waals surface area contributed by atoms with E-state index in [4.69, 9.17) is 5.84 Å². The van der Waals surface area contributed by atoms with Crippen molar-refractivity contribution in [1.82, 2.24) is 15.2 Å². The van der Waals surface area contributed by atoms with E-state index in [1.165, 1.54) is 17.3 Å². The molecule has 0 amide bonds. The van der Waals surface area contributed by atoms with E-state index < -0.39 is 0 Å². The summed E-state index contributed by atoms with van der Waals surface area (Å²) in [5, 5.41) is 5.19. The molecule has 1 aromatic heterocycles. The summed E-state index contributed by atoms with van der Waals surface area (Å²) in [5.74, 6) is 9.39. The van der Waals surface area contributed by atoms with Crippen molar-refractivity contribution in [1.29, 1.82) is 0 Å². The lowest BCUT2D eigenvalue weighted by atomic mass is 10.1. The first-order chi connectivity index (χ1) is 8.70. The summed E-state index contributed by atoms with van der Waals surface area (Å²) in [4.78, 5) is 0. The summed E-state index contributed by atoms with van der Waals surface area (Å²) >= 11 is 4.06. The van der Waals surface area contributed by atoms with Gasteiger partial charge in [0.15, 0.2) is 0 Å². The van der Waals surface area contributed by atoms with Gasteiger partial charge in [-0.15, -0.1) is 0 Å². The Bertz CT molecular complexity index is 361. The highest BCUT2D eigenvalue weighted by atomic mass is 32.2. The van der Waals surface area contributed by atoms with Gasteiger partial charge < -0.3 is 0 Å². The third-order valence-electron chi connectivity index (χ3n) is 3.13. The van der Waals surface area contributed by atoms with E-state index in [2.05, 4.69) is 36.6 Å². The Kier molecular flexibility index (Phi) is 5.41. The minimum Gasteiger partial charge on any atom is -0.271 e. The van der Waals surface area contributed by atoms with Crippen LogP contribution in [0.4, 0.5) is 0 Å². The highest BCUT2D eigenvalue weighted by Gasteiger charge is 2.24. The molecular formula is C12H22N4S2. The molecule has 2 atom stereocenters. The topological polar surface area (TPSA) is 55.9 Å². The largest absolute Gasteiger partial charge is 0.271 e. The molecule has 0 saturated carbocycles. The maximum absolute atomic E-state index is 5.71. The van der Waals surface area contributed by atoms with E-state index in [0.717, 1.165) is 12.1 Å². The molecule has 1 saturated heterocycles. The summed E-state index contributed by atoms with van der Waals surface area (Å²) in [6, 6.07) is 2.84. The van der Waals surface area contributed by atoms with Crippen LogP contribution in [0.25, 0.3) is 0 Å². The molecule has 2 rings (SSSR count). The van der Waals surface area contributed by atoms with Crippen molar-refractivity contribution in [2.24, 2.45) is 5.84 Å². The molecule has 6 heteroatoms. The van der Waals surface area contributed by atoms with Crippen LogP contribution in [0.1, 0.15) is 25.6 Å². The summed E-state index contributed by atoms with van der Waals surface area (Å²) in [6.45, 7) is 4.28. The zero-order valence-electron chi connectivity index (χ0n) is 11.0. The van der Waals surface area contributed by atoms with Crippen LogP contribution in [0.5, 0.6) is 0 Å². The number of hydrazine groups is 1. The van der Waals surface area contributed by atoms with Crippen LogP contribution in [0.3, 0.4) is 0 Å². The summed E-state index contributed by atoms with van der Waals surface area (Å²) in [6.07, 6.45) is 2.96. The third kappa shape index (κ3) is 3.66. The number of hydrogen-bond acceptors (Lipinski definition) is 5. The zero-order valence-corrected chi connectivity index (χ0v) is 12.6. The maximum atomic E-state index is 5.71. The quantitative estimate of drug-likeness (QED) is 0.637. The molecule has 1 aliphatic heterocycles. The minimum atomic E-state index is 0.318. The smallest absolute Gasteiger partial charge is 0.0641 e. The first kappa shape index (κ1) is 14.2. The third-order valence-corrected chi connectivity index (χ3v) is 6.05. The van der Waals surface area contributed by atoms with E-state index in [1.807, 2.05) is 28.2 Å². The number of nitrogens with one attached hydrogen (secondary N) is 1.